The van der Waals surface area contributed by atoms with Gasteiger partial charge in [-0.3, -0.25) is 0 Å². The largest absolute Gasteiger partial charge is 0.397 e. The summed E-state index contributed by atoms with van der Waals surface area (Å²) in [5.41, 5.74) is 7.42. The fourth-order valence-electron chi connectivity index (χ4n) is 1.87. The van der Waals surface area contributed by atoms with E-state index in [9.17, 15) is 4.39 Å². The lowest BCUT2D eigenvalue weighted by Crippen LogP contribution is -2.44. The van der Waals surface area contributed by atoms with E-state index in [2.05, 4.69) is 16.8 Å². The maximum atomic E-state index is 13.5. The highest BCUT2D eigenvalue weighted by molar-refractivity contribution is 14.1. The molecule has 0 radical (unpaired) electrons. The third kappa shape index (κ3) is 2.40. The van der Waals surface area contributed by atoms with Gasteiger partial charge in [0.15, 0.2) is 0 Å². The summed E-state index contributed by atoms with van der Waals surface area (Å²) in [5.74, 6) is -0.191. The predicted molar refractivity (Wildman–Crippen MR) is 73.2 cm³/mol. The number of benzene rings is 1. The number of hydrogen-bond acceptors (Lipinski definition) is 3. The third-order valence-electron chi connectivity index (χ3n) is 2.91. The van der Waals surface area contributed by atoms with Crippen LogP contribution < -0.4 is 10.6 Å². The standard InChI is InChI=1S/C11H15FIN3/c1-15-2-4-16(5-3-15)11-6-8(12)9(13)7-10(11)14/h6-7H,2-5,14H2,1H3. The highest BCUT2D eigenvalue weighted by atomic mass is 127. The first kappa shape index (κ1) is 11.9. The van der Waals surface area contributed by atoms with Crippen molar-refractivity contribution in [3.8, 4) is 0 Å². The summed E-state index contributed by atoms with van der Waals surface area (Å²) in [6.45, 7) is 3.79. The molecule has 2 N–H and O–H groups in total. The second-order valence-electron chi connectivity index (χ2n) is 4.12. The van der Waals surface area contributed by atoms with Gasteiger partial charge in [0, 0.05) is 32.2 Å². The number of anilines is 2. The summed E-state index contributed by atoms with van der Waals surface area (Å²) in [6.07, 6.45) is 0. The minimum atomic E-state index is -0.191. The van der Waals surface area contributed by atoms with E-state index in [0.717, 1.165) is 31.9 Å². The Morgan fingerprint density at radius 3 is 2.50 bits per heavy atom. The molecule has 0 atom stereocenters. The highest BCUT2D eigenvalue weighted by Crippen LogP contribution is 2.28. The van der Waals surface area contributed by atoms with Crippen LogP contribution in [0.15, 0.2) is 12.1 Å². The van der Waals surface area contributed by atoms with Gasteiger partial charge in [-0.15, -0.1) is 0 Å². The normalized spacial score (nSPS) is 17.8. The van der Waals surface area contributed by atoms with E-state index in [1.165, 1.54) is 0 Å². The molecule has 0 spiro atoms. The minimum Gasteiger partial charge on any atom is -0.397 e. The van der Waals surface area contributed by atoms with E-state index in [4.69, 9.17) is 5.73 Å². The summed E-state index contributed by atoms with van der Waals surface area (Å²) in [4.78, 5) is 4.41. The molecule has 1 aliphatic heterocycles. The smallest absolute Gasteiger partial charge is 0.138 e. The van der Waals surface area contributed by atoms with Crippen LogP contribution in [0.3, 0.4) is 0 Å². The van der Waals surface area contributed by atoms with Crippen LogP contribution in [0.25, 0.3) is 0 Å². The maximum Gasteiger partial charge on any atom is 0.138 e. The Morgan fingerprint density at radius 2 is 1.88 bits per heavy atom. The summed E-state index contributed by atoms with van der Waals surface area (Å²) in [6, 6.07) is 3.24. The predicted octanol–water partition coefficient (Wildman–Crippen LogP) is 1.76. The van der Waals surface area contributed by atoms with Gasteiger partial charge in [0.25, 0.3) is 0 Å². The summed E-state index contributed by atoms with van der Waals surface area (Å²) >= 11 is 1.96. The second-order valence-corrected chi connectivity index (χ2v) is 5.28. The van der Waals surface area contributed by atoms with E-state index in [1.54, 1.807) is 12.1 Å². The Kier molecular flexibility index (Phi) is 3.53. The van der Waals surface area contributed by atoms with Gasteiger partial charge in [-0.05, 0) is 35.7 Å². The molecule has 3 nitrogen and oxygen atoms in total. The SMILES string of the molecule is CN1CCN(c2cc(F)c(I)cc2N)CC1. The zero-order chi connectivity index (χ0) is 11.7. The van der Waals surface area contributed by atoms with E-state index in [-0.39, 0.29) is 5.82 Å². The molecule has 1 aromatic carbocycles. The topological polar surface area (TPSA) is 32.5 Å². The van der Waals surface area contributed by atoms with Crippen molar-refractivity contribution in [2.45, 2.75) is 0 Å². The zero-order valence-electron chi connectivity index (χ0n) is 9.21. The maximum absolute atomic E-state index is 13.5. The molecule has 0 saturated carbocycles. The minimum absolute atomic E-state index is 0.191. The van der Waals surface area contributed by atoms with Crippen molar-refractivity contribution in [2.75, 3.05) is 43.9 Å². The van der Waals surface area contributed by atoms with Crippen molar-refractivity contribution in [1.82, 2.24) is 4.90 Å². The van der Waals surface area contributed by atoms with Gasteiger partial charge in [0.2, 0.25) is 0 Å². The van der Waals surface area contributed by atoms with Gasteiger partial charge >= 0.3 is 0 Å². The van der Waals surface area contributed by atoms with Crippen molar-refractivity contribution in [3.05, 3.63) is 21.5 Å². The van der Waals surface area contributed by atoms with E-state index in [1.807, 2.05) is 22.6 Å². The Labute approximate surface area is 109 Å². The monoisotopic (exact) mass is 335 g/mol. The average molecular weight is 335 g/mol. The van der Waals surface area contributed by atoms with Gasteiger partial charge in [0.1, 0.15) is 5.82 Å². The first-order valence-electron chi connectivity index (χ1n) is 5.26. The lowest BCUT2D eigenvalue weighted by atomic mass is 10.2. The zero-order valence-corrected chi connectivity index (χ0v) is 11.4. The average Bonchev–Trinajstić information content (AvgIpc) is 2.25. The number of piperazine rings is 1. The van der Waals surface area contributed by atoms with Gasteiger partial charge in [-0.1, -0.05) is 0 Å². The molecular weight excluding hydrogens is 320 g/mol. The van der Waals surface area contributed by atoms with Crippen molar-refractivity contribution >= 4 is 34.0 Å². The van der Waals surface area contributed by atoms with Gasteiger partial charge in [-0.2, -0.15) is 0 Å². The number of nitrogens with zero attached hydrogens (tertiary/aromatic N) is 2. The van der Waals surface area contributed by atoms with Gasteiger partial charge < -0.3 is 15.5 Å². The Hall–Kier alpha value is -0.560. The number of halogens is 2. The fourth-order valence-corrected chi connectivity index (χ4v) is 2.36. The number of hydrogen-bond donors (Lipinski definition) is 1. The molecule has 88 valence electrons. The lowest BCUT2D eigenvalue weighted by Gasteiger charge is -2.34. The van der Waals surface area contributed by atoms with Crippen LogP contribution in [0, 0.1) is 9.39 Å². The summed E-state index contributed by atoms with van der Waals surface area (Å²) in [5, 5.41) is 0. The molecule has 1 fully saturated rings. The van der Waals surface area contributed by atoms with Crippen molar-refractivity contribution in [2.24, 2.45) is 0 Å². The van der Waals surface area contributed by atoms with Crippen LogP contribution in [0.1, 0.15) is 0 Å². The van der Waals surface area contributed by atoms with Crippen LogP contribution in [0.2, 0.25) is 0 Å². The second kappa shape index (κ2) is 4.75. The molecule has 1 saturated heterocycles. The molecule has 0 aromatic heterocycles. The number of nitrogens with two attached hydrogens (primary N) is 1. The van der Waals surface area contributed by atoms with E-state index in [0.29, 0.717) is 9.26 Å². The molecule has 16 heavy (non-hydrogen) atoms. The summed E-state index contributed by atoms with van der Waals surface area (Å²) < 4.78 is 14.1. The van der Waals surface area contributed by atoms with Crippen LogP contribution >= 0.6 is 22.6 Å². The van der Waals surface area contributed by atoms with Crippen LogP contribution in [-0.2, 0) is 0 Å². The van der Waals surface area contributed by atoms with Crippen molar-refractivity contribution in [1.29, 1.82) is 0 Å². The quantitative estimate of drug-likeness (QED) is 0.627. The molecule has 2 rings (SSSR count). The Bertz CT molecular complexity index is 389. The Morgan fingerprint density at radius 1 is 1.25 bits per heavy atom. The third-order valence-corrected chi connectivity index (χ3v) is 3.74. The highest BCUT2D eigenvalue weighted by Gasteiger charge is 2.17. The van der Waals surface area contributed by atoms with E-state index < -0.39 is 0 Å². The van der Waals surface area contributed by atoms with Crippen LogP contribution in [0.4, 0.5) is 15.8 Å². The van der Waals surface area contributed by atoms with Gasteiger partial charge in [-0.25, -0.2) is 4.39 Å². The van der Waals surface area contributed by atoms with E-state index >= 15 is 0 Å². The number of likely N-dealkylation sites (N-methyl/N-ethyl adjacent to an activating group) is 1. The molecule has 1 heterocycles. The fraction of sp³-hybridized carbons (Fsp3) is 0.455. The number of rotatable bonds is 1. The number of nitrogen functional groups attached to an aromatic ring is 1. The molecule has 0 amide bonds. The van der Waals surface area contributed by atoms with Crippen molar-refractivity contribution < 1.29 is 4.39 Å². The lowest BCUT2D eigenvalue weighted by molar-refractivity contribution is 0.313. The molecular formula is C11H15FIN3. The summed E-state index contributed by atoms with van der Waals surface area (Å²) in [7, 11) is 2.09. The molecule has 1 aliphatic rings. The molecule has 0 bridgehead atoms. The van der Waals surface area contributed by atoms with Crippen LogP contribution in [0.5, 0.6) is 0 Å². The van der Waals surface area contributed by atoms with Gasteiger partial charge in [0.05, 0.1) is 14.9 Å². The molecule has 1 aromatic rings. The van der Waals surface area contributed by atoms with Crippen molar-refractivity contribution in [3.63, 3.8) is 0 Å². The first-order valence-corrected chi connectivity index (χ1v) is 6.34. The first-order chi connectivity index (χ1) is 7.58. The molecule has 0 aliphatic carbocycles. The molecule has 5 heteroatoms. The van der Waals surface area contributed by atoms with Crippen LogP contribution in [-0.4, -0.2) is 38.1 Å². The Balaban J connectivity index is 2.23. The molecule has 0 unspecified atom stereocenters.